The second kappa shape index (κ2) is 10.5. The van der Waals surface area contributed by atoms with E-state index in [0.29, 0.717) is 5.82 Å². The quantitative estimate of drug-likeness (QED) is 0.181. The van der Waals surface area contributed by atoms with E-state index < -0.39 is 0 Å². The average Bonchev–Trinajstić information content (AvgIpc) is 3.75. The summed E-state index contributed by atoms with van der Waals surface area (Å²) in [7, 11) is 0. The summed E-state index contributed by atoms with van der Waals surface area (Å²) in [5, 5.41) is 6.33. The number of hydrogen-bond acceptors (Lipinski definition) is 2. The lowest BCUT2D eigenvalue weighted by Gasteiger charge is -2.12. The SMILES string of the molecule is c1ccc(-c2cc(-c3ccccc3)nc(-c3ccc(-n4c5cccc6ccc7cc8c(ccn8-c8ccccc8)c4c7c65)cc3)n2)cc1. The van der Waals surface area contributed by atoms with Crippen LogP contribution in [-0.2, 0) is 0 Å². The van der Waals surface area contributed by atoms with Crippen LogP contribution in [0.5, 0.6) is 0 Å². The van der Waals surface area contributed by atoms with E-state index in [9.17, 15) is 0 Å². The molecule has 0 aliphatic heterocycles. The van der Waals surface area contributed by atoms with Gasteiger partial charge >= 0.3 is 0 Å². The highest BCUT2D eigenvalue weighted by Crippen LogP contribution is 2.43. The van der Waals surface area contributed by atoms with Gasteiger partial charge in [0.2, 0.25) is 0 Å². The molecule has 3 aromatic heterocycles. The Bertz CT molecular complexity index is 2680. The maximum atomic E-state index is 5.07. The van der Waals surface area contributed by atoms with Gasteiger partial charge in [0.05, 0.1) is 27.9 Å². The molecule has 0 aliphatic carbocycles. The van der Waals surface area contributed by atoms with E-state index >= 15 is 0 Å². The molecule has 0 unspecified atom stereocenters. The molecule has 0 spiro atoms. The lowest BCUT2D eigenvalue weighted by Crippen LogP contribution is -1.97. The van der Waals surface area contributed by atoms with E-state index in [-0.39, 0.29) is 0 Å². The van der Waals surface area contributed by atoms with Crippen molar-refractivity contribution < 1.29 is 0 Å². The molecule has 10 aromatic rings. The predicted molar refractivity (Wildman–Crippen MR) is 198 cm³/mol. The molecule has 48 heavy (non-hydrogen) atoms. The van der Waals surface area contributed by atoms with Crippen molar-refractivity contribution in [1.29, 1.82) is 0 Å². The normalized spacial score (nSPS) is 11.8. The largest absolute Gasteiger partial charge is 0.316 e. The standard InChI is InChI=1S/C44H28N4/c1-4-11-29(12-5-1)37-28-38(30-13-6-2-7-14-30)46-44(45-37)32-21-23-35(24-22-32)48-39-18-10-15-31-19-20-33-27-40-36(43(48)42(33)41(31)39)25-26-47(40)34-16-8-3-9-17-34/h1-28H. The molecule has 0 amide bonds. The van der Waals surface area contributed by atoms with Crippen LogP contribution in [-0.4, -0.2) is 19.1 Å². The summed E-state index contributed by atoms with van der Waals surface area (Å²) < 4.78 is 4.73. The Morgan fingerprint density at radius 1 is 0.417 bits per heavy atom. The van der Waals surface area contributed by atoms with Crippen molar-refractivity contribution in [3.8, 4) is 45.3 Å². The van der Waals surface area contributed by atoms with E-state index in [2.05, 4.69) is 143 Å². The average molecular weight is 613 g/mol. The van der Waals surface area contributed by atoms with Gasteiger partial charge in [-0.15, -0.1) is 0 Å². The Kier molecular flexibility index (Phi) is 5.84. The Morgan fingerprint density at radius 3 is 1.75 bits per heavy atom. The molecule has 0 atom stereocenters. The maximum absolute atomic E-state index is 5.07. The molecule has 0 bridgehead atoms. The number of hydrogen-bond donors (Lipinski definition) is 0. The fourth-order valence-corrected chi connectivity index (χ4v) is 7.30. The van der Waals surface area contributed by atoms with Gasteiger partial charge in [-0.25, -0.2) is 9.97 Å². The highest BCUT2D eigenvalue weighted by molar-refractivity contribution is 6.30. The van der Waals surface area contributed by atoms with E-state index in [0.717, 1.165) is 39.5 Å². The minimum atomic E-state index is 0.706. The van der Waals surface area contributed by atoms with Gasteiger partial charge in [-0.1, -0.05) is 103 Å². The summed E-state index contributed by atoms with van der Waals surface area (Å²) in [5.41, 5.74) is 10.8. The van der Waals surface area contributed by atoms with E-state index in [1.807, 2.05) is 36.4 Å². The number of aromatic nitrogens is 4. The van der Waals surface area contributed by atoms with Gasteiger partial charge in [-0.2, -0.15) is 0 Å². The summed E-state index contributed by atoms with van der Waals surface area (Å²) in [6.07, 6.45) is 2.19. The van der Waals surface area contributed by atoms with Crippen LogP contribution in [0.3, 0.4) is 0 Å². The van der Waals surface area contributed by atoms with Crippen LogP contribution < -0.4 is 0 Å². The fourth-order valence-electron chi connectivity index (χ4n) is 7.30. The number of para-hydroxylation sites is 1. The van der Waals surface area contributed by atoms with E-state index in [4.69, 9.17) is 9.97 Å². The second-order valence-corrected chi connectivity index (χ2v) is 12.3. The summed E-state index contributed by atoms with van der Waals surface area (Å²) in [6.45, 7) is 0. The van der Waals surface area contributed by atoms with Gasteiger partial charge in [0, 0.05) is 50.4 Å². The summed E-state index contributed by atoms with van der Waals surface area (Å²) >= 11 is 0. The smallest absolute Gasteiger partial charge is 0.160 e. The van der Waals surface area contributed by atoms with Crippen LogP contribution in [0.15, 0.2) is 170 Å². The van der Waals surface area contributed by atoms with E-state index in [1.54, 1.807) is 0 Å². The molecular weight excluding hydrogens is 585 g/mol. The zero-order valence-electron chi connectivity index (χ0n) is 26.0. The van der Waals surface area contributed by atoms with Crippen molar-refractivity contribution in [2.24, 2.45) is 0 Å². The van der Waals surface area contributed by atoms with Crippen LogP contribution in [0, 0.1) is 0 Å². The van der Waals surface area contributed by atoms with Gasteiger partial charge in [-0.3, -0.25) is 0 Å². The molecule has 224 valence electrons. The van der Waals surface area contributed by atoms with Gasteiger partial charge in [0.25, 0.3) is 0 Å². The minimum absolute atomic E-state index is 0.706. The molecule has 4 heteroatoms. The van der Waals surface area contributed by atoms with Crippen molar-refractivity contribution in [3.63, 3.8) is 0 Å². The zero-order valence-corrected chi connectivity index (χ0v) is 26.0. The number of nitrogens with zero attached hydrogens (tertiary/aromatic N) is 4. The summed E-state index contributed by atoms with van der Waals surface area (Å²) in [4.78, 5) is 10.1. The topological polar surface area (TPSA) is 35.6 Å². The first-order valence-corrected chi connectivity index (χ1v) is 16.3. The van der Waals surface area contributed by atoms with E-state index in [1.165, 1.54) is 43.5 Å². The monoisotopic (exact) mass is 612 g/mol. The third-order valence-corrected chi connectivity index (χ3v) is 9.51. The molecule has 0 saturated carbocycles. The molecule has 0 fully saturated rings. The van der Waals surface area contributed by atoms with Crippen molar-refractivity contribution in [1.82, 2.24) is 19.1 Å². The Balaban J connectivity index is 1.18. The Hall–Kier alpha value is -6.52. The first-order valence-electron chi connectivity index (χ1n) is 16.3. The lowest BCUT2D eigenvalue weighted by atomic mass is 10.0. The van der Waals surface area contributed by atoms with Crippen LogP contribution in [0.1, 0.15) is 0 Å². The number of benzene rings is 7. The predicted octanol–water partition coefficient (Wildman–Crippen LogP) is 11.1. The first kappa shape index (κ1) is 26.7. The highest BCUT2D eigenvalue weighted by atomic mass is 15.0. The zero-order chi connectivity index (χ0) is 31.6. The van der Waals surface area contributed by atoms with Gasteiger partial charge < -0.3 is 9.13 Å². The van der Waals surface area contributed by atoms with Crippen molar-refractivity contribution in [2.45, 2.75) is 0 Å². The van der Waals surface area contributed by atoms with Crippen LogP contribution in [0.25, 0.3) is 88.8 Å². The molecular formula is C44H28N4. The molecule has 0 aliphatic rings. The molecule has 0 radical (unpaired) electrons. The fraction of sp³-hybridized carbons (Fsp3) is 0. The summed E-state index contributed by atoms with van der Waals surface area (Å²) in [6, 6.07) is 57.8. The number of rotatable bonds is 5. The first-order chi connectivity index (χ1) is 23.8. The molecule has 0 saturated heterocycles. The third-order valence-electron chi connectivity index (χ3n) is 9.51. The van der Waals surface area contributed by atoms with Gasteiger partial charge in [0.15, 0.2) is 5.82 Å². The Morgan fingerprint density at radius 2 is 1.06 bits per heavy atom. The van der Waals surface area contributed by atoms with Gasteiger partial charge in [0.1, 0.15) is 0 Å². The third kappa shape index (κ3) is 4.10. The Labute approximate surface area is 277 Å². The number of fused-ring (bicyclic) bond motifs is 2. The van der Waals surface area contributed by atoms with Crippen LogP contribution in [0.2, 0.25) is 0 Å². The van der Waals surface area contributed by atoms with Crippen LogP contribution >= 0.6 is 0 Å². The molecule has 10 rings (SSSR count). The van der Waals surface area contributed by atoms with Crippen molar-refractivity contribution >= 4 is 43.5 Å². The highest BCUT2D eigenvalue weighted by Gasteiger charge is 2.21. The van der Waals surface area contributed by atoms with Gasteiger partial charge in [-0.05, 0) is 71.4 Å². The maximum Gasteiger partial charge on any atom is 0.160 e. The second-order valence-electron chi connectivity index (χ2n) is 12.3. The lowest BCUT2D eigenvalue weighted by molar-refractivity contribution is 1.13. The summed E-state index contributed by atoms with van der Waals surface area (Å²) in [5.74, 6) is 0.706. The minimum Gasteiger partial charge on any atom is -0.316 e. The van der Waals surface area contributed by atoms with Crippen molar-refractivity contribution in [3.05, 3.63) is 170 Å². The molecule has 7 aromatic carbocycles. The molecule has 0 N–H and O–H groups in total. The van der Waals surface area contributed by atoms with Crippen LogP contribution in [0.4, 0.5) is 0 Å². The molecule has 4 nitrogen and oxygen atoms in total. The molecule has 3 heterocycles. The van der Waals surface area contributed by atoms with Crippen molar-refractivity contribution in [2.75, 3.05) is 0 Å².